The van der Waals surface area contributed by atoms with Gasteiger partial charge in [-0.1, -0.05) is 60.7 Å². The van der Waals surface area contributed by atoms with Crippen molar-refractivity contribution < 1.29 is 4.79 Å². The molecule has 2 aliphatic carbocycles. The maximum absolute atomic E-state index is 13.0. The number of fused-ring (bicyclic) bond motifs is 5. The summed E-state index contributed by atoms with van der Waals surface area (Å²) in [7, 11) is 0. The highest BCUT2D eigenvalue weighted by molar-refractivity contribution is 6.08. The van der Waals surface area contributed by atoms with Crippen molar-refractivity contribution in [2.75, 3.05) is 0 Å². The number of Topliss-reactive ketones (excluding diaryl/α,β-unsaturated/α-hetero) is 1. The van der Waals surface area contributed by atoms with Crippen LogP contribution in [0.15, 0.2) is 54.6 Å². The lowest BCUT2D eigenvalue weighted by molar-refractivity contribution is 0.0991. The van der Waals surface area contributed by atoms with E-state index in [1.807, 2.05) is 12.1 Å². The van der Waals surface area contributed by atoms with E-state index in [9.17, 15) is 4.79 Å². The minimum atomic E-state index is 0.230. The van der Waals surface area contributed by atoms with Crippen LogP contribution in [0.2, 0.25) is 0 Å². The molecule has 0 heterocycles. The molecule has 0 saturated carbocycles. The Labute approximate surface area is 158 Å². The van der Waals surface area contributed by atoms with Gasteiger partial charge in [0.1, 0.15) is 0 Å². The number of rotatable bonds is 2. The van der Waals surface area contributed by atoms with Crippen LogP contribution in [0, 0.1) is 0 Å². The number of nitrogens with two attached hydrogens (primary N) is 1. The van der Waals surface area contributed by atoms with Gasteiger partial charge in [-0.25, -0.2) is 0 Å². The van der Waals surface area contributed by atoms with E-state index in [-0.39, 0.29) is 5.78 Å². The number of hydrogen-bond acceptors (Lipinski definition) is 2. The zero-order valence-electron chi connectivity index (χ0n) is 15.2. The Balaban J connectivity index is 1.68. The first-order chi connectivity index (χ1) is 13.2. The Hall–Kier alpha value is -2.97. The van der Waals surface area contributed by atoms with E-state index in [0.717, 1.165) is 51.4 Å². The van der Waals surface area contributed by atoms with Crippen LogP contribution in [0.5, 0.6) is 0 Å². The molecule has 0 radical (unpaired) electrons. The summed E-state index contributed by atoms with van der Waals surface area (Å²) in [5.74, 6) is 0.230. The predicted octanol–water partition coefficient (Wildman–Crippen LogP) is 3.57. The molecular weight excluding hydrogens is 330 g/mol. The molecule has 0 saturated heterocycles. The average molecular weight is 351 g/mol. The highest BCUT2D eigenvalue weighted by Crippen LogP contribution is 2.34. The summed E-state index contributed by atoms with van der Waals surface area (Å²) in [5.41, 5.74) is 13.5. The smallest absolute Gasteiger partial charge is 0.168 e. The molecule has 0 aliphatic heterocycles. The summed E-state index contributed by atoms with van der Waals surface area (Å²) in [6.45, 7) is 0.531. The van der Waals surface area contributed by atoms with Gasteiger partial charge >= 0.3 is 0 Å². The van der Waals surface area contributed by atoms with E-state index in [2.05, 4.69) is 54.6 Å². The Morgan fingerprint density at radius 2 is 1.67 bits per heavy atom. The molecule has 0 spiro atoms. The van der Waals surface area contributed by atoms with Crippen LogP contribution in [0.4, 0.5) is 0 Å². The van der Waals surface area contributed by atoms with Crippen molar-refractivity contribution in [3.05, 3.63) is 81.7 Å². The van der Waals surface area contributed by atoms with Crippen LogP contribution in [-0.4, -0.2) is 5.78 Å². The topological polar surface area (TPSA) is 43.1 Å². The van der Waals surface area contributed by atoms with Gasteiger partial charge in [-0.15, -0.1) is 0 Å². The molecule has 3 aromatic carbocycles. The number of ketones is 1. The van der Waals surface area contributed by atoms with Crippen LogP contribution in [0.25, 0.3) is 34.4 Å². The fourth-order valence-electron chi connectivity index (χ4n) is 4.35. The average Bonchev–Trinajstić information content (AvgIpc) is 2.73. The largest absolute Gasteiger partial charge is 0.326 e. The fraction of sp³-hybridized carbons (Fsp3) is 0.160. The van der Waals surface area contributed by atoms with Crippen LogP contribution in [0.3, 0.4) is 0 Å². The fourth-order valence-corrected chi connectivity index (χ4v) is 4.35. The standard InChI is InChI=1S/C25H21NO/c26-15-16-4-3-6-18(12-16)19-9-10-21-20(13-19)14-24(27)25-22-7-2-1-5-17(22)8-11-23(21)25/h3-13H,1-2,14-15,26H2. The van der Waals surface area contributed by atoms with Gasteiger partial charge in [0.05, 0.1) is 0 Å². The Bertz CT molecular complexity index is 1200. The Morgan fingerprint density at radius 1 is 0.852 bits per heavy atom. The zero-order valence-corrected chi connectivity index (χ0v) is 15.2. The van der Waals surface area contributed by atoms with E-state index in [1.54, 1.807) is 0 Å². The van der Waals surface area contributed by atoms with Crippen molar-refractivity contribution in [2.45, 2.75) is 25.8 Å². The van der Waals surface area contributed by atoms with Gasteiger partial charge < -0.3 is 5.73 Å². The first-order valence-electron chi connectivity index (χ1n) is 9.54. The Kier molecular flexibility index (Phi) is 3.80. The summed E-state index contributed by atoms with van der Waals surface area (Å²) in [5, 5.41) is 2.33. The molecule has 0 bridgehead atoms. The van der Waals surface area contributed by atoms with Crippen molar-refractivity contribution in [1.29, 1.82) is 0 Å². The molecule has 2 nitrogen and oxygen atoms in total. The van der Waals surface area contributed by atoms with E-state index in [0.29, 0.717) is 13.0 Å². The number of carbonyl (C=O) groups excluding carboxylic acids is 1. The minimum absolute atomic E-state index is 0.230. The van der Waals surface area contributed by atoms with Crippen LogP contribution in [0.1, 0.15) is 34.3 Å². The molecule has 2 N–H and O–H groups in total. The number of benzene rings is 3. The Morgan fingerprint density at radius 3 is 2.56 bits per heavy atom. The second-order valence-electron chi connectivity index (χ2n) is 7.35. The van der Waals surface area contributed by atoms with Crippen molar-refractivity contribution in [3.63, 3.8) is 0 Å². The van der Waals surface area contributed by atoms with E-state index >= 15 is 0 Å². The van der Waals surface area contributed by atoms with Crippen LogP contribution in [-0.2, 0) is 13.0 Å². The summed E-state index contributed by atoms with van der Waals surface area (Å²) < 4.78 is 0. The summed E-state index contributed by atoms with van der Waals surface area (Å²) >= 11 is 0. The molecular formula is C25H21NO. The van der Waals surface area contributed by atoms with Crippen molar-refractivity contribution >= 4 is 17.9 Å². The molecule has 27 heavy (non-hydrogen) atoms. The number of carbonyl (C=O) groups is 1. The van der Waals surface area contributed by atoms with Gasteiger partial charge in [-0.2, -0.15) is 0 Å². The lowest BCUT2D eigenvalue weighted by Crippen LogP contribution is -2.35. The third-order valence-corrected chi connectivity index (χ3v) is 5.68. The van der Waals surface area contributed by atoms with Gasteiger partial charge in [0.15, 0.2) is 5.78 Å². The monoisotopic (exact) mass is 351 g/mol. The van der Waals surface area contributed by atoms with E-state index in [4.69, 9.17) is 5.73 Å². The molecule has 2 aliphatic rings. The summed E-state index contributed by atoms with van der Waals surface area (Å²) in [4.78, 5) is 13.0. The molecule has 0 atom stereocenters. The molecule has 0 fully saturated rings. The number of hydrogen-bond donors (Lipinski definition) is 1. The maximum Gasteiger partial charge on any atom is 0.168 e. The highest BCUT2D eigenvalue weighted by atomic mass is 16.1. The molecule has 5 rings (SSSR count). The molecule has 3 aromatic rings. The molecule has 0 amide bonds. The molecule has 2 heteroatoms. The van der Waals surface area contributed by atoms with Gasteiger partial charge in [-0.05, 0) is 62.7 Å². The van der Waals surface area contributed by atoms with Gasteiger partial charge in [0.25, 0.3) is 0 Å². The first kappa shape index (κ1) is 16.2. The maximum atomic E-state index is 13.0. The predicted molar refractivity (Wildman–Crippen MR) is 111 cm³/mol. The zero-order chi connectivity index (χ0) is 18.4. The second kappa shape index (κ2) is 6.33. The van der Waals surface area contributed by atoms with Crippen LogP contribution < -0.4 is 16.2 Å². The summed E-state index contributed by atoms with van der Waals surface area (Å²) in [6, 6.07) is 19.1. The van der Waals surface area contributed by atoms with Crippen molar-refractivity contribution in [3.8, 4) is 22.3 Å². The van der Waals surface area contributed by atoms with E-state index in [1.165, 1.54) is 10.8 Å². The SMILES string of the molecule is NCc1cccc(-c2ccc3c(c2)CC(=O)c2c-3ccc3c2=CCCC=3)c1. The lowest BCUT2D eigenvalue weighted by Gasteiger charge is -2.21. The quantitative estimate of drug-likeness (QED) is 0.767. The van der Waals surface area contributed by atoms with E-state index < -0.39 is 0 Å². The van der Waals surface area contributed by atoms with Crippen molar-refractivity contribution in [2.24, 2.45) is 5.73 Å². The minimum Gasteiger partial charge on any atom is -0.326 e. The molecule has 0 unspecified atom stereocenters. The molecule has 132 valence electrons. The third kappa shape index (κ3) is 2.65. The van der Waals surface area contributed by atoms with Gasteiger partial charge in [0.2, 0.25) is 0 Å². The lowest BCUT2D eigenvalue weighted by atomic mass is 9.81. The highest BCUT2D eigenvalue weighted by Gasteiger charge is 2.24. The van der Waals surface area contributed by atoms with Gasteiger partial charge in [0, 0.05) is 18.5 Å². The molecule has 0 aromatic heterocycles. The first-order valence-corrected chi connectivity index (χ1v) is 9.54. The summed E-state index contributed by atoms with van der Waals surface area (Å²) in [6.07, 6.45) is 7.01. The normalized spacial score (nSPS) is 14.5. The van der Waals surface area contributed by atoms with Crippen LogP contribution >= 0.6 is 0 Å². The van der Waals surface area contributed by atoms with Gasteiger partial charge in [-0.3, -0.25) is 4.79 Å². The second-order valence-corrected chi connectivity index (χ2v) is 7.35. The van der Waals surface area contributed by atoms with Crippen molar-refractivity contribution in [1.82, 2.24) is 0 Å². The third-order valence-electron chi connectivity index (χ3n) is 5.68.